The summed E-state index contributed by atoms with van der Waals surface area (Å²) in [7, 11) is 1.96. The second kappa shape index (κ2) is 15.0. The molecule has 18 heteroatoms. The van der Waals surface area contributed by atoms with Crippen LogP contribution in [-0.2, 0) is 23.9 Å². The molecule has 2 saturated carbocycles. The lowest BCUT2D eigenvalue weighted by Crippen LogP contribution is -2.39. The van der Waals surface area contributed by atoms with Crippen LogP contribution in [0.5, 0.6) is 0 Å². The molecule has 0 bridgehead atoms. The minimum atomic E-state index is -0.651. The van der Waals surface area contributed by atoms with Crippen molar-refractivity contribution < 1.29 is 28.7 Å². The zero-order valence-corrected chi connectivity index (χ0v) is 32.9. The van der Waals surface area contributed by atoms with Gasteiger partial charge in [0, 0.05) is 59.2 Å². The fourth-order valence-electron chi connectivity index (χ4n) is 6.46. The molecule has 2 aliphatic carbocycles. The van der Waals surface area contributed by atoms with E-state index < -0.39 is 17.6 Å². The fraction of sp³-hybridized carbons (Fsp3) is 0.325. The summed E-state index contributed by atoms with van der Waals surface area (Å²) in [5.74, 6) is 0.618. The quantitative estimate of drug-likeness (QED) is 0.105. The van der Waals surface area contributed by atoms with E-state index in [0.717, 1.165) is 43.0 Å². The van der Waals surface area contributed by atoms with Gasteiger partial charge in [0.25, 0.3) is 11.8 Å². The number of hydrogen-bond donors (Lipinski definition) is 3. The number of para-hydroxylation sites is 1. The maximum absolute atomic E-state index is 12.9. The van der Waals surface area contributed by atoms with Gasteiger partial charge in [-0.05, 0) is 70.7 Å². The highest BCUT2D eigenvalue weighted by Gasteiger charge is 2.38. The van der Waals surface area contributed by atoms with Gasteiger partial charge in [-0.25, -0.2) is 14.8 Å². The Labute approximate surface area is 337 Å². The number of nitrogens with zero attached hydrogens (tertiary/aromatic N) is 8. The van der Waals surface area contributed by atoms with E-state index in [4.69, 9.17) is 21.3 Å². The van der Waals surface area contributed by atoms with Crippen LogP contribution in [0.15, 0.2) is 66.0 Å². The molecule has 4 aliphatic rings. The molecule has 0 atom stereocenters. The van der Waals surface area contributed by atoms with E-state index in [1.165, 1.54) is 10.7 Å². The zero-order valence-electron chi connectivity index (χ0n) is 32.2. The van der Waals surface area contributed by atoms with Gasteiger partial charge in [-0.1, -0.05) is 29.8 Å². The molecule has 1 aromatic carbocycles. The first-order valence-electron chi connectivity index (χ1n) is 18.8. The highest BCUT2D eigenvalue weighted by atomic mass is 35.5. The number of carbonyl (C=O) groups excluding carboxylic acids is 5. The summed E-state index contributed by atoms with van der Waals surface area (Å²) in [6, 6.07) is 14.0. The number of hydrogen-bond acceptors (Lipinski definition) is 12. The van der Waals surface area contributed by atoms with Crippen molar-refractivity contribution in [1.82, 2.24) is 39.8 Å². The predicted octanol–water partition coefficient (Wildman–Crippen LogP) is 5.22. The second-order valence-corrected chi connectivity index (χ2v) is 15.8. The van der Waals surface area contributed by atoms with Crippen molar-refractivity contribution in [3.63, 3.8) is 0 Å². The van der Waals surface area contributed by atoms with Crippen molar-refractivity contribution in [2.45, 2.75) is 77.0 Å². The van der Waals surface area contributed by atoms with Crippen LogP contribution in [0.4, 0.5) is 27.9 Å². The normalized spacial score (nSPS) is 18.1. The molecular formula is C40H40ClN11O6. The van der Waals surface area contributed by atoms with Crippen molar-refractivity contribution >= 4 is 87.9 Å². The Balaban J connectivity index is 0.000000162. The van der Waals surface area contributed by atoms with E-state index >= 15 is 0 Å². The Morgan fingerprint density at radius 2 is 1.45 bits per heavy atom. The Morgan fingerprint density at radius 3 is 1.98 bits per heavy atom. The van der Waals surface area contributed by atoms with Crippen molar-refractivity contribution in [2.75, 3.05) is 22.2 Å². The predicted molar refractivity (Wildman–Crippen MR) is 215 cm³/mol. The standard InChI is InChI=1S/C21H20N6O2.C19H20ClN5O4/c1-26(16-5-3-2-4-6-16)17-11-18(23-15-7-8-15)27-20(24-17)14(12-22-27)9-13-10-19(28)25-21(13)29;1-19(2,3)29-18(28)24(12-4-5-12)15-8-13(20)22-16-11(9-21-25(15)16)6-10-7-14(26)23-17(10)27/h2-6,9,11-12,15,23H,7-8,10H2,1H3,(H,25,28,29);6,8-9,12H,4-5,7H2,1-3H3,(H,23,26,27)/b13-9+;10-6+. The fourth-order valence-corrected chi connectivity index (χ4v) is 6.64. The molecule has 5 aromatic rings. The molecule has 17 nitrogen and oxygen atoms in total. The third-order valence-corrected chi connectivity index (χ3v) is 9.74. The van der Waals surface area contributed by atoms with Crippen molar-refractivity contribution in [3.05, 3.63) is 82.3 Å². The summed E-state index contributed by atoms with van der Waals surface area (Å²) < 4.78 is 8.81. The van der Waals surface area contributed by atoms with Gasteiger partial charge in [0.2, 0.25) is 11.8 Å². The molecule has 0 spiro atoms. The molecule has 4 aromatic heterocycles. The second-order valence-electron chi connectivity index (χ2n) is 15.4. The average molecular weight is 806 g/mol. The van der Waals surface area contributed by atoms with Gasteiger partial charge in [0.15, 0.2) is 11.3 Å². The Kier molecular flexibility index (Phi) is 9.92. The van der Waals surface area contributed by atoms with Crippen LogP contribution in [0.1, 0.15) is 70.4 Å². The van der Waals surface area contributed by atoms with Crippen LogP contribution in [0, 0.1) is 0 Å². The Bertz CT molecular complexity index is 2570. The maximum Gasteiger partial charge on any atom is 0.416 e. The number of imide groups is 2. The van der Waals surface area contributed by atoms with Gasteiger partial charge in [0.1, 0.15) is 28.2 Å². The number of ether oxygens (including phenoxy) is 1. The largest absolute Gasteiger partial charge is 0.443 e. The molecule has 0 unspecified atom stereocenters. The summed E-state index contributed by atoms with van der Waals surface area (Å²) in [6.07, 6.45) is 10.0. The molecule has 298 valence electrons. The van der Waals surface area contributed by atoms with Crippen molar-refractivity contribution in [1.29, 1.82) is 0 Å². The third kappa shape index (κ3) is 8.25. The van der Waals surface area contributed by atoms with E-state index in [9.17, 15) is 24.0 Å². The van der Waals surface area contributed by atoms with Gasteiger partial charge < -0.3 is 15.0 Å². The number of nitrogens with one attached hydrogen (secondary N) is 3. The zero-order chi connectivity index (χ0) is 40.9. The first kappa shape index (κ1) is 38.3. The minimum absolute atomic E-state index is 0.00393. The molecule has 58 heavy (non-hydrogen) atoms. The Hall–Kier alpha value is -6.62. The van der Waals surface area contributed by atoms with Gasteiger partial charge in [-0.3, -0.25) is 34.7 Å². The van der Waals surface area contributed by atoms with E-state index in [2.05, 4.69) is 31.1 Å². The van der Waals surface area contributed by atoms with Crippen LogP contribution < -0.4 is 25.8 Å². The number of halogens is 1. The van der Waals surface area contributed by atoms with E-state index in [0.29, 0.717) is 45.4 Å². The van der Waals surface area contributed by atoms with Crippen molar-refractivity contribution in [3.8, 4) is 0 Å². The van der Waals surface area contributed by atoms with E-state index in [-0.39, 0.29) is 41.8 Å². The molecule has 5 amide bonds. The lowest BCUT2D eigenvalue weighted by Gasteiger charge is -2.27. The molecule has 0 radical (unpaired) electrons. The summed E-state index contributed by atoms with van der Waals surface area (Å²) >= 11 is 6.24. The topological polar surface area (TPSA) is 198 Å². The maximum atomic E-state index is 12.9. The van der Waals surface area contributed by atoms with Crippen LogP contribution >= 0.6 is 11.6 Å². The van der Waals surface area contributed by atoms with Gasteiger partial charge in [0.05, 0.1) is 25.2 Å². The number of fused-ring (bicyclic) bond motifs is 2. The number of amides is 5. The minimum Gasteiger partial charge on any atom is -0.443 e. The van der Waals surface area contributed by atoms with Crippen molar-refractivity contribution in [2.24, 2.45) is 0 Å². The summed E-state index contributed by atoms with van der Waals surface area (Å²) in [5.41, 5.74) is 3.34. The van der Waals surface area contributed by atoms with Crippen LogP contribution in [-0.4, -0.2) is 83.7 Å². The molecule has 2 aliphatic heterocycles. The molecule has 9 rings (SSSR count). The molecule has 6 heterocycles. The number of rotatable bonds is 8. The molecule has 4 fully saturated rings. The number of benzene rings is 1. The van der Waals surface area contributed by atoms with Crippen LogP contribution in [0.25, 0.3) is 23.4 Å². The van der Waals surface area contributed by atoms with Gasteiger partial charge >= 0.3 is 6.09 Å². The third-order valence-electron chi connectivity index (χ3n) is 9.55. The first-order chi connectivity index (χ1) is 27.7. The van der Waals surface area contributed by atoms with Gasteiger partial charge in [-0.15, -0.1) is 0 Å². The lowest BCUT2D eigenvalue weighted by atomic mass is 10.1. The number of carbonyl (C=O) groups is 5. The number of anilines is 4. The summed E-state index contributed by atoms with van der Waals surface area (Å²) in [5, 5.41) is 17.0. The van der Waals surface area contributed by atoms with E-state index in [1.54, 1.807) is 54.6 Å². The van der Waals surface area contributed by atoms with Gasteiger partial charge in [-0.2, -0.15) is 19.2 Å². The Morgan fingerprint density at radius 1 is 0.862 bits per heavy atom. The molecule has 2 saturated heterocycles. The monoisotopic (exact) mass is 805 g/mol. The lowest BCUT2D eigenvalue weighted by molar-refractivity contribution is -0.125. The van der Waals surface area contributed by atoms with Crippen LogP contribution in [0.2, 0.25) is 5.15 Å². The summed E-state index contributed by atoms with van der Waals surface area (Å²) in [6.45, 7) is 5.41. The smallest absolute Gasteiger partial charge is 0.416 e. The molecular weight excluding hydrogens is 766 g/mol. The highest BCUT2D eigenvalue weighted by molar-refractivity contribution is 6.30. The first-order valence-corrected chi connectivity index (χ1v) is 19.2. The summed E-state index contributed by atoms with van der Waals surface area (Å²) in [4.78, 5) is 72.3. The molecule has 3 N–H and O–H groups in total. The SMILES string of the molecule is CC(C)(C)OC(=O)N(c1cc(Cl)nc2c(/C=C3\CC(=O)NC3=O)cnn12)C1CC1.CN(c1ccccc1)c1cc(NC2CC2)n2ncc(/C=C3\CC(=O)NC3=O)c2n1. The van der Waals surface area contributed by atoms with E-state index in [1.807, 2.05) is 48.3 Å². The highest BCUT2D eigenvalue weighted by Crippen LogP contribution is 2.35. The number of aromatic nitrogens is 6. The average Bonchev–Trinajstić information content (AvgIpc) is 4.04. The van der Waals surface area contributed by atoms with Crippen LogP contribution in [0.3, 0.4) is 0 Å².